The van der Waals surface area contributed by atoms with Crippen LogP contribution in [0, 0.1) is 13.8 Å². The highest BCUT2D eigenvalue weighted by molar-refractivity contribution is 7.99. The first-order chi connectivity index (χ1) is 16.2. The van der Waals surface area contributed by atoms with Crippen LogP contribution in [0.3, 0.4) is 0 Å². The van der Waals surface area contributed by atoms with Crippen molar-refractivity contribution in [3.63, 3.8) is 0 Å². The number of carbonyl (C=O) groups excluding carboxylic acids is 1. The van der Waals surface area contributed by atoms with Crippen molar-refractivity contribution in [1.82, 2.24) is 14.9 Å². The third-order valence-corrected chi connectivity index (χ3v) is 7.23. The van der Waals surface area contributed by atoms with Gasteiger partial charge in [0.05, 0.1) is 0 Å². The average molecular weight is 519 g/mol. The summed E-state index contributed by atoms with van der Waals surface area (Å²) in [7, 11) is 1.76. The van der Waals surface area contributed by atoms with E-state index in [9.17, 15) is 9.59 Å². The Morgan fingerprint density at radius 3 is 2.68 bits per heavy atom. The maximum absolute atomic E-state index is 12.9. The van der Waals surface area contributed by atoms with Crippen molar-refractivity contribution in [2.45, 2.75) is 44.7 Å². The van der Waals surface area contributed by atoms with Crippen LogP contribution in [-0.4, -0.2) is 27.8 Å². The number of carbonyl (C=O) groups is 1. The molecule has 2 aromatic carbocycles. The predicted octanol–water partition coefficient (Wildman–Crippen LogP) is 5.53. The van der Waals surface area contributed by atoms with Crippen molar-refractivity contribution in [3.8, 4) is 0 Å². The minimum absolute atomic E-state index is 0.00258. The van der Waals surface area contributed by atoms with Gasteiger partial charge in [0.25, 0.3) is 5.56 Å². The molecule has 0 aliphatic carbocycles. The second-order valence-electron chi connectivity index (χ2n) is 8.28. The van der Waals surface area contributed by atoms with Crippen molar-refractivity contribution in [2.75, 3.05) is 12.3 Å². The lowest BCUT2D eigenvalue weighted by atomic mass is 10.0. The van der Waals surface area contributed by atoms with Gasteiger partial charge in [-0.05, 0) is 49.9 Å². The number of hydrogen-bond donors (Lipinski definition) is 1. The van der Waals surface area contributed by atoms with Crippen molar-refractivity contribution in [3.05, 3.63) is 90.8 Å². The molecule has 34 heavy (non-hydrogen) atoms. The summed E-state index contributed by atoms with van der Waals surface area (Å²) in [6.45, 7) is 4.45. The molecular weight excluding hydrogens is 489 g/mol. The minimum Gasteiger partial charge on any atom is -0.356 e. The molecule has 0 aliphatic rings. The van der Waals surface area contributed by atoms with E-state index in [1.54, 1.807) is 23.7 Å². The molecule has 3 aromatic rings. The molecule has 8 heteroatoms. The molecule has 1 N–H and O–H groups in total. The van der Waals surface area contributed by atoms with Crippen LogP contribution in [0.5, 0.6) is 0 Å². The summed E-state index contributed by atoms with van der Waals surface area (Å²) in [5.41, 5.74) is 4.69. The van der Waals surface area contributed by atoms with Crippen LogP contribution in [-0.2, 0) is 24.7 Å². The van der Waals surface area contributed by atoms with Crippen LogP contribution in [0.1, 0.15) is 40.8 Å². The topological polar surface area (TPSA) is 64.0 Å². The number of aromatic nitrogens is 2. The Bertz CT molecular complexity index is 1230. The number of hydrogen-bond acceptors (Lipinski definition) is 4. The molecule has 0 unspecified atom stereocenters. The maximum atomic E-state index is 12.9. The molecule has 3 rings (SSSR count). The summed E-state index contributed by atoms with van der Waals surface area (Å²) in [5.74, 6) is 0.699. The first-order valence-corrected chi connectivity index (χ1v) is 12.9. The molecule has 1 aromatic heterocycles. The molecule has 0 atom stereocenters. The first-order valence-electron chi connectivity index (χ1n) is 11.2. The molecule has 0 saturated heterocycles. The summed E-state index contributed by atoms with van der Waals surface area (Å²) in [4.78, 5) is 29.8. The Labute approximate surface area is 214 Å². The van der Waals surface area contributed by atoms with Crippen molar-refractivity contribution in [2.24, 2.45) is 7.05 Å². The summed E-state index contributed by atoms with van der Waals surface area (Å²) in [6, 6.07) is 13.5. The third-order valence-electron chi connectivity index (χ3n) is 5.52. The van der Waals surface area contributed by atoms with Crippen molar-refractivity contribution >= 4 is 40.9 Å². The largest absolute Gasteiger partial charge is 0.356 e. The van der Waals surface area contributed by atoms with Crippen LogP contribution >= 0.6 is 35.0 Å². The van der Waals surface area contributed by atoms with Crippen molar-refractivity contribution in [1.29, 1.82) is 0 Å². The molecule has 0 fully saturated rings. The molecule has 0 spiro atoms. The van der Waals surface area contributed by atoms with Crippen LogP contribution in [0.25, 0.3) is 0 Å². The Morgan fingerprint density at radius 1 is 1.15 bits per heavy atom. The smallest absolute Gasteiger partial charge is 0.257 e. The minimum atomic E-state index is -0.0184. The number of benzene rings is 2. The fourth-order valence-corrected chi connectivity index (χ4v) is 5.09. The molecule has 1 heterocycles. The Kier molecular flexibility index (Phi) is 9.63. The number of nitrogens with zero attached hydrogens (tertiary/aromatic N) is 2. The molecular formula is C26H29Cl2N3O2S. The first kappa shape index (κ1) is 26.3. The summed E-state index contributed by atoms with van der Waals surface area (Å²) in [6.07, 6.45) is 2.33. The van der Waals surface area contributed by atoms with Crippen LogP contribution in [0.4, 0.5) is 0 Å². The van der Waals surface area contributed by atoms with E-state index in [2.05, 4.69) is 16.4 Å². The summed E-state index contributed by atoms with van der Waals surface area (Å²) >= 11 is 13.6. The van der Waals surface area contributed by atoms with E-state index in [1.165, 1.54) is 17.3 Å². The lowest BCUT2D eigenvalue weighted by Gasteiger charge is -2.12. The molecule has 1 amide bonds. The zero-order chi connectivity index (χ0) is 24.7. The monoisotopic (exact) mass is 517 g/mol. The number of amides is 1. The van der Waals surface area contributed by atoms with Gasteiger partial charge in [-0.3, -0.25) is 14.2 Å². The van der Waals surface area contributed by atoms with E-state index in [0.29, 0.717) is 53.2 Å². The highest BCUT2D eigenvalue weighted by Crippen LogP contribution is 2.21. The fourth-order valence-electron chi connectivity index (χ4n) is 3.63. The maximum Gasteiger partial charge on any atom is 0.257 e. The Hall–Kier alpha value is -2.28. The Balaban J connectivity index is 1.47. The van der Waals surface area contributed by atoms with Crippen LogP contribution in [0.2, 0.25) is 10.0 Å². The normalized spacial score (nSPS) is 11.0. The van der Waals surface area contributed by atoms with E-state index < -0.39 is 0 Å². The van der Waals surface area contributed by atoms with E-state index in [4.69, 9.17) is 23.2 Å². The van der Waals surface area contributed by atoms with Gasteiger partial charge in [0.15, 0.2) is 5.16 Å². The SMILES string of the molecule is Cc1cccc(Cc2c(C)nc(SCCCC(=O)NCCc3ccc(Cl)cc3Cl)n(C)c2=O)c1. The van der Waals surface area contributed by atoms with Gasteiger partial charge in [-0.25, -0.2) is 4.98 Å². The second-order valence-corrected chi connectivity index (χ2v) is 10.2. The van der Waals surface area contributed by atoms with E-state index in [0.717, 1.165) is 22.4 Å². The number of aryl methyl sites for hydroxylation is 2. The summed E-state index contributed by atoms with van der Waals surface area (Å²) < 4.78 is 1.61. The molecule has 0 radical (unpaired) electrons. The molecule has 0 bridgehead atoms. The fraction of sp³-hybridized carbons (Fsp3) is 0.346. The van der Waals surface area contributed by atoms with Gasteiger partial charge in [-0.2, -0.15) is 0 Å². The van der Waals surface area contributed by atoms with E-state index >= 15 is 0 Å². The average Bonchev–Trinajstić information content (AvgIpc) is 2.79. The van der Waals surface area contributed by atoms with Gasteiger partial charge in [-0.1, -0.05) is 70.9 Å². The van der Waals surface area contributed by atoms with E-state index in [-0.39, 0.29) is 11.5 Å². The Morgan fingerprint density at radius 2 is 1.94 bits per heavy atom. The second kappa shape index (κ2) is 12.4. The van der Waals surface area contributed by atoms with Gasteiger partial charge in [0.2, 0.25) is 5.91 Å². The van der Waals surface area contributed by atoms with E-state index in [1.807, 2.05) is 38.1 Å². The molecule has 0 aliphatic heterocycles. The quantitative estimate of drug-likeness (QED) is 0.218. The highest BCUT2D eigenvalue weighted by atomic mass is 35.5. The number of rotatable bonds is 10. The van der Waals surface area contributed by atoms with Crippen LogP contribution < -0.4 is 10.9 Å². The van der Waals surface area contributed by atoms with Gasteiger partial charge in [0, 0.05) is 53.5 Å². The molecule has 0 saturated carbocycles. The predicted molar refractivity (Wildman–Crippen MR) is 141 cm³/mol. The van der Waals surface area contributed by atoms with Gasteiger partial charge in [-0.15, -0.1) is 0 Å². The number of thioether (sulfide) groups is 1. The number of nitrogens with one attached hydrogen (secondary N) is 1. The van der Waals surface area contributed by atoms with Gasteiger partial charge in [0.1, 0.15) is 0 Å². The van der Waals surface area contributed by atoms with Gasteiger partial charge >= 0.3 is 0 Å². The zero-order valence-corrected chi connectivity index (χ0v) is 22.0. The number of halogens is 2. The molecule has 180 valence electrons. The zero-order valence-electron chi connectivity index (χ0n) is 19.7. The third kappa shape index (κ3) is 7.36. The lowest BCUT2D eigenvalue weighted by Crippen LogP contribution is -2.26. The highest BCUT2D eigenvalue weighted by Gasteiger charge is 2.13. The van der Waals surface area contributed by atoms with Gasteiger partial charge < -0.3 is 5.32 Å². The molecule has 5 nitrogen and oxygen atoms in total. The summed E-state index contributed by atoms with van der Waals surface area (Å²) in [5, 5.41) is 4.80. The standard InChI is InChI=1S/C26H29Cl2N3O2S/c1-17-6-4-7-19(14-17)15-22-18(2)30-26(31(3)25(22)33)34-13-5-8-24(32)29-12-11-20-9-10-21(27)16-23(20)28/h4,6-7,9-10,14,16H,5,8,11-13,15H2,1-3H3,(H,29,32). The van der Waals surface area contributed by atoms with Crippen LogP contribution in [0.15, 0.2) is 52.4 Å². The van der Waals surface area contributed by atoms with Crippen molar-refractivity contribution < 1.29 is 4.79 Å². The lowest BCUT2D eigenvalue weighted by molar-refractivity contribution is -0.121.